The number of fused-ring (bicyclic) bond motifs is 1. The fourth-order valence-electron chi connectivity index (χ4n) is 5.13. The van der Waals surface area contributed by atoms with Gasteiger partial charge in [-0.2, -0.15) is 0 Å². The number of carbonyl (C=O) groups excluding carboxylic acids is 1. The summed E-state index contributed by atoms with van der Waals surface area (Å²) in [6.07, 6.45) is 8.01. The summed E-state index contributed by atoms with van der Waals surface area (Å²) in [5, 5.41) is 4.13. The highest BCUT2D eigenvalue weighted by molar-refractivity contribution is 6.02. The molecule has 1 aromatic heterocycles. The SMILES string of the molecule is COc1ccc(OC)c(-c2coc3c(C)c(OC)c(/C(C)=C/C(=O)NC4CCCCC4C)cc23)c1. The average Bonchev–Trinajstić information content (AvgIpc) is 3.29. The predicted octanol–water partition coefficient (Wildman–Crippen LogP) is 6.53. The summed E-state index contributed by atoms with van der Waals surface area (Å²) < 4.78 is 22.8. The molecule has 3 aromatic rings. The van der Waals surface area contributed by atoms with Crippen LogP contribution in [0.4, 0.5) is 0 Å². The highest BCUT2D eigenvalue weighted by Crippen LogP contribution is 2.43. The van der Waals surface area contributed by atoms with E-state index >= 15 is 0 Å². The van der Waals surface area contributed by atoms with E-state index in [4.69, 9.17) is 18.6 Å². The standard InChI is InChI=1S/C29H35NO5/c1-17-9-7-8-10-25(17)30-27(31)13-18(2)21-15-23-24(16-35-29(23)19(3)28(21)34-6)22-14-20(32-4)11-12-26(22)33-5/h11-17,25H,7-10H2,1-6H3,(H,30,31)/b18-13+. The Kier molecular flexibility index (Phi) is 7.39. The second-order valence-electron chi connectivity index (χ2n) is 9.38. The van der Waals surface area contributed by atoms with Crippen molar-refractivity contribution >= 4 is 22.4 Å². The number of nitrogens with one attached hydrogen (secondary N) is 1. The van der Waals surface area contributed by atoms with Crippen LogP contribution in [0.3, 0.4) is 0 Å². The van der Waals surface area contributed by atoms with Gasteiger partial charge in [-0.3, -0.25) is 4.79 Å². The predicted molar refractivity (Wildman–Crippen MR) is 139 cm³/mol. The molecule has 1 heterocycles. The molecule has 0 bridgehead atoms. The normalized spacial score (nSPS) is 18.4. The van der Waals surface area contributed by atoms with E-state index in [1.165, 1.54) is 12.8 Å². The number of amides is 1. The van der Waals surface area contributed by atoms with Gasteiger partial charge in [-0.05, 0) is 62.4 Å². The quantitative estimate of drug-likeness (QED) is 0.392. The minimum Gasteiger partial charge on any atom is -0.497 e. The lowest BCUT2D eigenvalue weighted by molar-refractivity contribution is -0.117. The molecule has 1 fully saturated rings. The summed E-state index contributed by atoms with van der Waals surface area (Å²) in [7, 11) is 4.93. The van der Waals surface area contributed by atoms with Gasteiger partial charge in [0.2, 0.25) is 5.91 Å². The van der Waals surface area contributed by atoms with Gasteiger partial charge in [0.1, 0.15) is 22.8 Å². The van der Waals surface area contributed by atoms with Crippen LogP contribution in [0.2, 0.25) is 0 Å². The van der Waals surface area contributed by atoms with Gasteiger partial charge in [0.05, 0.1) is 27.6 Å². The maximum Gasteiger partial charge on any atom is 0.244 e. The van der Waals surface area contributed by atoms with E-state index in [2.05, 4.69) is 12.2 Å². The third-order valence-electron chi connectivity index (χ3n) is 7.16. The maximum atomic E-state index is 12.9. The van der Waals surface area contributed by atoms with Crippen molar-refractivity contribution in [3.05, 3.63) is 47.7 Å². The zero-order chi connectivity index (χ0) is 25.1. The number of ether oxygens (including phenoxy) is 3. The van der Waals surface area contributed by atoms with Crippen molar-refractivity contribution in [2.75, 3.05) is 21.3 Å². The van der Waals surface area contributed by atoms with Crippen molar-refractivity contribution in [1.29, 1.82) is 0 Å². The van der Waals surface area contributed by atoms with Gasteiger partial charge in [-0.25, -0.2) is 0 Å². The van der Waals surface area contributed by atoms with E-state index in [9.17, 15) is 4.79 Å². The first-order chi connectivity index (χ1) is 16.9. The Bertz CT molecular complexity index is 1260. The van der Waals surface area contributed by atoms with Crippen LogP contribution in [0.15, 0.2) is 41.0 Å². The average molecular weight is 478 g/mol. The Morgan fingerprint density at radius 1 is 1.06 bits per heavy atom. The Labute approximate surface area is 207 Å². The number of rotatable bonds is 7. The molecule has 1 amide bonds. The third kappa shape index (κ3) is 4.88. The fourth-order valence-corrected chi connectivity index (χ4v) is 5.13. The molecule has 186 valence electrons. The van der Waals surface area contributed by atoms with Gasteiger partial charge in [-0.1, -0.05) is 19.8 Å². The van der Waals surface area contributed by atoms with Crippen molar-refractivity contribution < 1.29 is 23.4 Å². The molecular formula is C29H35NO5. The largest absolute Gasteiger partial charge is 0.497 e. The molecule has 0 spiro atoms. The summed E-state index contributed by atoms with van der Waals surface area (Å²) in [5.41, 5.74) is 5.05. The molecule has 0 radical (unpaired) electrons. The summed E-state index contributed by atoms with van der Waals surface area (Å²) >= 11 is 0. The van der Waals surface area contributed by atoms with E-state index < -0.39 is 0 Å². The lowest BCUT2D eigenvalue weighted by Crippen LogP contribution is -2.40. The smallest absolute Gasteiger partial charge is 0.244 e. The molecule has 2 atom stereocenters. The zero-order valence-electron chi connectivity index (χ0n) is 21.5. The first-order valence-electron chi connectivity index (χ1n) is 12.2. The zero-order valence-corrected chi connectivity index (χ0v) is 21.5. The number of furan rings is 1. The van der Waals surface area contributed by atoms with E-state index in [1.807, 2.05) is 38.1 Å². The van der Waals surface area contributed by atoms with Crippen LogP contribution in [0, 0.1) is 12.8 Å². The van der Waals surface area contributed by atoms with E-state index in [0.717, 1.165) is 63.1 Å². The molecule has 1 aliphatic carbocycles. The molecule has 4 rings (SSSR count). The van der Waals surface area contributed by atoms with Crippen molar-refractivity contribution in [2.24, 2.45) is 5.92 Å². The molecule has 1 N–H and O–H groups in total. The first kappa shape index (κ1) is 24.7. The summed E-state index contributed by atoms with van der Waals surface area (Å²) in [5.74, 6) is 2.58. The molecule has 6 heteroatoms. The second kappa shape index (κ2) is 10.5. The first-order valence-corrected chi connectivity index (χ1v) is 12.2. The van der Waals surface area contributed by atoms with Crippen LogP contribution in [0.25, 0.3) is 27.7 Å². The summed E-state index contributed by atoms with van der Waals surface area (Å²) in [6.45, 7) is 6.13. The molecular weight excluding hydrogens is 442 g/mol. The van der Waals surface area contributed by atoms with Gasteiger partial charge in [-0.15, -0.1) is 0 Å². The molecule has 2 aromatic carbocycles. The highest BCUT2D eigenvalue weighted by Gasteiger charge is 2.23. The Morgan fingerprint density at radius 2 is 1.83 bits per heavy atom. The molecule has 6 nitrogen and oxygen atoms in total. The maximum absolute atomic E-state index is 12.9. The Hall–Kier alpha value is -3.41. The van der Waals surface area contributed by atoms with Crippen LogP contribution in [0.1, 0.15) is 50.7 Å². The van der Waals surface area contributed by atoms with E-state index in [0.29, 0.717) is 11.7 Å². The van der Waals surface area contributed by atoms with Crippen molar-refractivity contribution in [1.82, 2.24) is 5.32 Å². The number of methoxy groups -OCH3 is 3. The minimum atomic E-state index is -0.0667. The fraction of sp³-hybridized carbons (Fsp3) is 0.414. The topological polar surface area (TPSA) is 69.9 Å². The number of allylic oxidation sites excluding steroid dienone is 1. The lowest BCUT2D eigenvalue weighted by atomic mass is 9.86. The minimum absolute atomic E-state index is 0.0667. The molecule has 1 saturated carbocycles. The monoisotopic (exact) mass is 477 g/mol. The van der Waals surface area contributed by atoms with Crippen LogP contribution >= 0.6 is 0 Å². The number of hydrogen-bond acceptors (Lipinski definition) is 5. The highest BCUT2D eigenvalue weighted by atomic mass is 16.5. The second-order valence-corrected chi connectivity index (χ2v) is 9.38. The van der Waals surface area contributed by atoms with Crippen molar-refractivity contribution in [3.8, 4) is 28.4 Å². The van der Waals surface area contributed by atoms with E-state index in [-0.39, 0.29) is 11.9 Å². The number of carbonyl (C=O) groups is 1. The molecule has 0 saturated heterocycles. The van der Waals surface area contributed by atoms with Gasteiger partial charge in [0.25, 0.3) is 0 Å². The number of benzene rings is 2. The Morgan fingerprint density at radius 3 is 2.51 bits per heavy atom. The summed E-state index contributed by atoms with van der Waals surface area (Å²) in [6, 6.07) is 7.94. The van der Waals surface area contributed by atoms with Gasteiger partial charge < -0.3 is 23.9 Å². The molecule has 1 aliphatic rings. The van der Waals surface area contributed by atoms with Crippen LogP contribution in [-0.4, -0.2) is 33.3 Å². The summed E-state index contributed by atoms with van der Waals surface area (Å²) in [4.78, 5) is 12.9. The van der Waals surface area contributed by atoms with Crippen molar-refractivity contribution in [2.45, 2.75) is 52.5 Å². The Balaban J connectivity index is 1.77. The number of aryl methyl sites for hydroxylation is 1. The van der Waals surface area contributed by atoms with Crippen LogP contribution in [-0.2, 0) is 4.79 Å². The molecule has 35 heavy (non-hydrogen) atoms. The van der Waals surface area contributed by atoms with E-state index in [1.54, 1.807) is 33.7 Å². The van der Waals surface area contributed by atoms with Gasteiger partial charge >= 0.3 is 0 Å². The van der Waals surface area contributed by atoms with Crippen LogP contribution < -0.4 is 19.5 Å². The van der Waals surface area contributed by atoms with Gasteiger partial charge in [0, 0.05) is 39.8 Å². The molecule has 2 unspecified atom stereocenters. The number of hydrogen-bond donors (Lipinski definition) is 1. The molecule has 0 aliphatic heterocycles. The third-order valence-corrected chi connectivity index (χ3v) is 7.16. The van der Waals surface area contributed by atoms with Crippen molar-refractivity contribution in [3.63, 3.8) is 0 Å². The van der Waals surface area contributed by atoms with Crippen LogP contribution in [0.5, 0.6) is 17.2 Å². The lowest BCUT2D eigenvalue weighted by Gasteiger charge is -2.29. The van der Waals surface area contributed by atoms with Gasteiger partial charge in [0.15, 0.2) is 0 Å².